The Labute approximate surface area is 163 Å². The van der Waals surface area contributed by atoms with Gasteiger partial charge in [-0.3, -0.25) is 4.90 Å². The SMILES string of the molecule is Cc1cc(C)c(S(=O)(=O)N2CCCC(N3CCOCC3)COCC2)c(C)c1. The third-order valence-corrected chi connectivity index (χ3v) is 7.71. The third kappa shape index (κ3) is 4.90. The molecule has 2 aliphatic heterocycles. The number of nitrogens with zero attached hydrogens (tertiary/aromatic N) is 2. The van der Waals surface area contributed by atoms with E-state index >= 15 is 0 Å². The van der Waals surface area contributed by atoms with Crippen LogP contribution in [0.2, 0.25) is 0 Å². The minimum Gasteiger partial charge on any atom is -0.379 e. The summed E-state index contributed by atoms with van der Waals surface area (Å²) < 4.78 is 39.6. The van der Waals surface area contributed by atoms with Gasteiger partial charge in [-0.15, -0.1) is 0 Å². The van der Waals surface area contributed by atoms with E-state index in [0.717, 1.165) is 55.8 Å². The fourth-order valence-corrected chi connectivity index (χ4v) is 6.13. The standard InChI is InChI=1S/C20H32N2O4S/c1-16-13-17(2)20(18(3)14-16)27(23,24)22-6-4-5-19(15-26-12-9-22)21-7-10-25-11-8-21/h13-14,19H,4-12,15H2,1-3H3. The zero-order chi connectivity index (χ0) is 19.4. The molecular weight excluding hydrogens is 364 g/mol. The van der Waals surface area contributed by atoms with Crippen LogP contribution in [0.1, 0.15) is 29.5 Å². The molecule has 1 atom stereocenters. The van der Waals surface area contributed by atoms with Gasteiger partial charge in [0.25, 0.3) is 0 Å². The van der Waals surface area contributed by atoms with E-state index in [4.69, 9.17) is 9.47 Å². The molecular formula is C20H32N2O4S. The van der Waals surface area contributed by atoms with Crippen molar-refractivity contribution in [1.82, 2.24) is 9.21 Å². The fraction of sp³-hybridized carbons (Fsp3) is 0.700. The highest BCUT2D eigenvalue weighted by atomic mass is 32.2. The second kappa shape index (κ2) is 9.01. The lowest BCUT2D eigenvalue weighted by Gasteiger charge is -2.34. The van der Waals surface area contributed by atoms with Crippen LogP contribution < -0.4 is 0 Å². The molecule has 1 unspecified atom stereocenters. The number of sulfonamides is 1. The van der Waals surface area contributed by atoms with Crippen molar-refractivity contribution in [2.45, 2.75) is 44.6 Å². The second-order valence-electron chi connectivity index (χ2n) is 7.65. The topological polar surface area (TPSA) is 59.1 Å². The van der Waals surface area contributed by atoms with Crippen molar-refractivity contribution >= 4 is 10.0 Å². The average Bonchev–Trinajstić information content (AvgIpc) is 2.73. The lowest BCUT2D eigenvalue weighted by atomic mass is 10.1. The minimum atomic E-state index is -3.52. The molecule has 2 fully saturated rings. The summed E-state index contributed by atoms with van der Waals surface area (Å²) in [7, 11) is -3.52. The highest BCUT2D eigenvalue weighted by molar-refractivity contribution is 7.89. The molecule has 0 spiro atoms. The maximum Gasteiger partial charge on any atom is 0.243 e. The first-order chi connectivity index (χ1) is 12.9. The molecule has 0 saturated carbocycles. The Morgan fingerprint density at radius 3 is 2.22 bits per heavy atom. The molecule has 2 aliphatic rings. The van der Waals surface area contributed by atoms with E-state index in [9.17, 15) is 8.42 Å². The van der Waals surface area contributed by atoms with Gasteiger partial charge >= 0.3 is 0 Å². The van der Waals surface area contributed by atoms with Crippen LogP contribution in [0.15, 0.2) is 17.0 Å². The first kappa shape index (κ1) is 20.7. The van der Waals surface area contributed by atoms with E-state index in [1.807, 2.05) is 32.9 Å². The molecule has 152 valence electrons. The second-order valence-corrected chi connectivity index (χ2v) is 9.53. The van der Waals surface area contributed by atoms with Gasteiger partial charge < -0.3 is 9.47 Å². The molecule has 6 nitrogen and oxygen atoms in total. The number of hydrogen-bond donors (Lipinski definition) is 0. The molecule has 3 rings (SSSR count). The highest BCUT2D eigenvalue weighted by Crippen LogP contribution is 2.26. The van der Waals surface area contributed by atoms with E-state index in [-0.39, 0.29) is 0 Å². The fourth-order valence-electron chi connectivity index (χ4n) is 4.26. The smallest absolute Gasteiger partial charge is 0.243 e. The van der Waals surface area contributed by atoms with E-state index in [2.05, 4.69) is 4.90 Å². The minimum absolute atomic E-state index is 0.347. The summed E-state index contributed by atoms with van der Waals surface area (Å²) >= 11 is 0. The highest BCUT2D eigenvalue weighted by Gasteiger charge is 2.29. The summed E-state index contributed by atoms with van der Waals surface area (Å²) in [6.07, 6.45) is 1.78. The van der Waals surface area contributed by atoms with Crippen LogP contribution in [-0.2, 0) is 19.5 Å². The van der Waals surface area contributed by atoms with Gasteiger partial charge in [0, 0.05) is 32.2 Å². The molecule has 2 saturated heterocycles. The predicted molar refractivity (Wildman–Crippen MR) is 106 cm³/mol. The normalized spacial score (nSPS) is 24.2. The summed E-state index contributed by atoms with van der Waals surface area (Å²) in [6, 6.07) is 4.24. The van der Waals surface area contributed by atoms with Gasteiger partial charge in [-0.2, -0.15) is 4.31 Å². The van der Waals surface area contributed by atoms with E-state index in [0.29, 0.717) is 37.2 Å². The molecule has 0 aliphatic carbocycles. The Balaban J connectivity index is 1.73. The summed E-state index contributed by atoms with van der Waals surface area (Å²) in [4.78, 5) is 2.87. The number of ether oxygens (including phenoxy) is 2. The molecule has 0 radical (unpaired) electrons. The lowest BCUT2D eigenvalue weighted by molar-refractivity contribution is -0.0113. The van der Waals surface area contributed by atoms with E-state index < -0.39 is 10.0 Å². The van der Waals surface area contributed by atoms with Gasteiger partial charge in [0.1, 0.15) is 0 Å². The first-order valence-corrected chi connectivity index (χ1v) is 11.3. The molecule has 0 bridgehead atoms. The summed E-state index contributed by atoms with van der Waals surface area (Å²) in [5.74, 6) is 0. The summed E-state index contributed by atoms with van der Waals surface area (Å²) in [6.45, 7) is 11.2. The van der Waals surface area contributed by atoms with Crippen LogP contribution in [0.4, 0.5) is 0 Å². The molecule has 7 heteroatoms. The van der Waals surface area contributed by atoms with E-state index in [1.54, 1.807) is 4.31 Å². The number of hydrogen-bond acceptors (Lipinski definition) is 5. The van der Waals surface area contributed by atoms with Crippen molar-refractivity contribution in [3.63, 3.8) is 0 Å². The molecule has 1 aromatic carbocycles. The Kier molecular flexibility index (Phi) is 6.92. The quantitative estimate of drug-likeness (QED) is 0.783. The van der Waals surface area contributed by atoms with Gasteiger partial charge in [-0.05, 0) is 44.7 Å². The van der Waals surface area contributed by atoms with Crippen LogP contribution in [-0.4, -0.2) is 76.3 Å². The number of rotatable bonds is 3. The maximum absolute atomic E-state index is 13.3. The van der Waals surface area contributed by atoms with Gasteiger partial charge in [0.15, 0.2) is 0 Å². The van der Waals surface area contributed by atoms with Gasteiger partial charge in [0.05, 0.1) is 31.3 Å². The third-order valence-electron chi connectivity index (χ3n) is 5.50. The summed E-state index contributed by atoms with van der Waals surface area (Å²) in [5, 5.41) is 0. The largest absolute Gasteiger partial charge is 0.379 e. The van der Waals surface area contributed by atoms with Crippen molar-refractivity contribution in [2.24, 2.45) is 0 Å². The van der Waals surface area contributed by atoms with Gasteiger partial charge in [0.2, 0.25) is 10.0 Å². The maximum atomic E-state index is 13.3. The molecule has 0 aromatic heterocycles. The van der Waals surface area contributed by atoms with Crippen LogP contribution >= 0.6 is 0 Å². The average molecular weight is 397 g/mol. The van der Waals surface area contributed by atoms with Crippen molar-refractivity contribution in [3.05, 3.63) is 28.8 Å². The van der Waals surface area contributed by atoms with E-state index in [1.165, 1.54) is 0 Å². The van der Waals surface area contributed by atoms with Crippen LogP contribution in [0.5, 0.6) is 0 Å². The monoisotopic (exact) mass is 396 g/mol. The number of benzene rings is 1. The molecule has 0 N–H and O–H groups in total. The Hall–Kier alpha value is -0.990. The molecule has 0 amide bonds. The Bertz CT molecular complexity index is 721. The van der Waals surface area contributed by atoms with Gasteiger partial charge in [-0.1, -0.05) is 17.7 Å². The number of morpholine rings is 1. The van der Waals surface area contributed by atoms with Crippen molar-refractivity contribution in [1.29, 1.82) is 0 Å². The molecule has 2 heterocycles. The summed E-state index contributed by atoms with van der Waals surface area (Å²) in [5.41, 5.74) is 2.73. The Morgan fingerprint density at radius 1 is 0.926 bits per heavy atom. The van der Waals surface area contributed by atoms with Gasteiger partial charge in [-0.25, -0.2) is 8.42 Å². The molecule has 27 heavy (non-hydrogen) atoms. The van der Waals surface area contributed by atoms with Crippen molar-refractivity contribution in [3.8, 4) is 0 Å². The van der Waals surface area contributed by atoms with Crippen LogP contribution in [0.3, 0.4) is 0 Å². The van der Waals surface area contributed by atoms with Crippen LogP contribution in [0.25, 0.3) is 0 Å². The van der Waals surface area contributed by atoms with Crippen LogP contribution in [0, 0.1) is 20.8 Å². The zero-order valence-electron chi connectivity index (χ0n) is 16.7. The Morgan fingerprint density at radius 2 is 1.56 bits per heavy atom. The predicted octanol–water partition coefficient (Wildman–Crippen LogP) is 2.11. The van der Waals surface area contributed by atoms with Crippen molar-refractivity contribution < 1.29 is 17.9 Å². The first-order valence-electron chi connectivity index (χ1n) is 9.87. The van der Waals surface area contributed by atoms with Crippen molar-refractivity contribution in [2.75, 3.05) is 52.6 Å². The zero-order valence-corrected chi connectivity index (χ0v) is 17.6. The molecule has 1 aromatic rings. The lowest BCUT2D eigenvalue weighted by Crippen LogP contribution is -2.45. The number of aryl methyl sites for hydroxylation is 3.